The minimum absolute atomic E-state index is 0.0114. The third-order valence-corrected chi connectivity index (χ3v) is 3.92. The van der Waals surface area contributed by atoms with E-state index in [1.165, 1.54) is 11.3 Å². The molecule has 2 N–H and O–H groups in total. The normalized spacial score (nSPS) is 10.2. The Morgan fingerprint density at radius 2 is 2.13 bits per heavy atom. The Labute approximate surface area is 139 Å². The number of hydrogen-bond acceptors (Lipinski definition) is 6. The van der Waals surface area contributed by atoms with Crippen molar-refractivity contribution >= 4 is 28.1 Å². The Balaban J connectivity index is 2.05. The summed E-state index contributed by atoms with van der Waals surface area (Å²) in [5.74, 6) is 1.41. The average molecular weight is 335 g/mol. The van der Waals surface area contributed by atoms with Crippen molar-refractivity contribution in [1.29, 1.82) is 0 Å². The summed E-state index contributed by atoms with van der Waals surface area (Å²) in [5.41, 5.74) is 1.51. The quantitative estimate of drug-likeness (QED) is 0.776. The first-order valence-corrected chi connectivity index (χ1v) is 8.24. The van der Waals surface area contributed by atoms with Crippen LogP contribution in [0.25, 0.3) is 0 Å². The first-order valence-electron chi connectivity index (χ1n) is 7.36. The number of carbonyl (C=O) groups is 1. The fraction of sp³-hybridized carbons (Fsp3) is 0.375. The van der Waals surface area contributed by atoms with Gasteiger partial charge < -0.3 is 20.1 Å². The van der Waals surface area contributed by atoms with Crippen LogP contribution in [0.5, 0.6) is 11.5 Å². The van der Waals surface area contributed by atoms with Crippen molar-refractivity contribution in [3.05, 3.63) is 29.3 Å². The van der Waals surface area contributed by atoms with Gasteiger partial charge in [0, 0.05) is 18.0 Å². The van der Waals surface area contributed by atoms with E-state index in [1.807, 2.05) is 30.5 Å². The van der Waals surface area contributed by atoms with Crippen LogP contribution in [-0.4, -0.2) is 31.7 Å². The number of benzene rings is 1. The Hall–Kier alpha value is -2.28. The van der Waals surface area contributed by atoms with Crippen LogP contribution < -0.4 is 20.1 Å². The van der Waals surface area contributed by atoms with E-state index in [1.54, 1.807) is 14.2 Å². The molecular formula is C16H21N3O3S. The molecule has 6 nitrogen and oxygen atoms in total. The van der Waals surface area contributed by atoms with Gasteiger partial charge in [0.25, 0.3) is 0 Å². The molecule has 0 fully saturated rings. The molecule has 0 unspecified atom stereocenters. The maximum absolute atomic E-state index is 11.7. The van der Waals surface area contributed by atoms with E-state index in [4.69, 9.17) is 9.47 Å². The monoisotopic (exact) mass is 335 g/mol. The number of methoxy groups -OCH3 is 2. The summed E-state index contributed by atoms with van der Waals surface area (Å²) in [4.78, 5) is 16.2. The second-order valence-electron chi connectivity index (χ2n) is 4.86. The van der Waals surface area contributed by atoms with Crippen molar-refractivity contribution < 1.29 is 14.3 Å². The summed E-state index contributed by atoms with van der Waals surface area (Å²) in [5, 5.41) is 8.63. The van der Waals surface area contributed by atoms with Gasteiger partial charge >= 0.3 is 0 Å². The molecule has 0 atom stereocenters. The van der Waals surface area contributed by atoms with Gasteiger partial charge in [-0.05, 0) is 18.6 Å². The van der Waals surface area contributed by atoms with Crippen LogP contribution >= 0.6 is 11.3 Å². The van der Waals surface area contributed by atoms with E-state index in [0.29, 0.717) is 17.4 Å². The van der Waals surface area contributed by atoms with Crippen molar-refractivity contribution in [3.8, 4) is 11.5 Å². The van der Waals surface area contributed by atoms with Crippen LogP contribution in [0.3, 0.4) is 0 Å². The van der Waals surface area contributed by atoms with Crippen LogP contribution in [0.15, 0.2) is 23.6 Å². The van der Waals surface area contributed by atoms with Crippen LogP contribution in [0, 0.1) is 0 Å². The zero-order valence-electron chi connectivity index (χ0n) is 13.5. The van der Waals surface area contributed by atoms with E-state index in [0.717, 1.165) is 23.6 Å². The maximum Gasteiger partial charge on any atom is 0.226 e. The minimum Gasteiger partial charge on any atom is -0.497 e. The first kappa shape index (κ1) is 17.1. The third kappa shape index (κ3) is 4.85. The van der Waals surface area contributed by atoms with Gasteiger partial charge in [0.15, 0.2) is 5.13 Å². The number of hydrogen-bond donors (Lipinski definition) is 2. The van der Waals surface area contributed by atoms with E-state index < -0.39 is 0 Å². The Morgan fingerprint density at radius 1 is 1.30 bits per heavy atom. The van der Waals surface area contributed by atoms with Gasteiger partial charge in [0.1, 0.15) is 11.5 Å². The molecule has 1 heterocycles. The molecule has 0 bridgehead atoms. The summed E-state index contributed by atoms with van der Waals surface area (Å²) in [6, 6.07) is 5.50. The Morgan fingerprint density at radius 3 is 2.83 bits per heavy atom. The topological polar surface area (TPSA) is 72.5 Å². The van der Waals surface area contributed by atoms with Crippen molar-refractivity contribution in [3.63, 3.8) is 0 Å². The molecule has 0 radical (unpaired) electrons. The third-order valence-electron chi connectivity index (χ3n) is 3.11. The Kier molecular flexibility index (Phi) is 6.22. The molecule has 1 aromatic heterocycles. The van der Waals surface area contributed by atoms with E-state index in [2.05, 4.69) is 15.6 Å². The van der Waals surface area contributed by atoms with Crippen molar-refractivity contribution in [2.45, 2.75) is 19.8 Å². The van der Waals surface area contributed by atoms with Gasteiger partial charge in [-0.15, -0.1) is 11.3 Å². The molecule has 0 aliphatic rings. The van der Waals surface area contributed by atoms with Crippen LogP contribution in [0.4, 0.5) is 10.8 Å². The molecule has 7 heteroatoms. The number of thiazole rings is 1. The van der Waals surface area contributed by atoms with Crippen molar-refractivity contribution in [1.82, 2.24) is 10.3 Å². The van der Waals surface area contributed by atoms with Crippen molar-refractivity contribution in [2.24, 2.45) is 0 Å². The van der Waals surface area contributed by atoms with Gasteiger partial charge in [0.05, 0.1) is 32.0 Å². The number of anilines is 2. The van der Waals surface area contributed by atoms with Gasteiger partial charge in [0.2, 0.25) is 5.91 Å². The largest absolute Gasteiger partial charge is 0.497 e. The lowest BCUT2D eigenvalue weighted by Gasteiger charge is -2.10. The van der Waals surface area contributed by atoms with Gasteiger partial charge in [-0.25, -0.2) is 4.98 Å². The molecule has 2 aromatic rings. The lowest BCUT2D eigenvalue weighted by molar-refractivity contribution is -0.120. The highest BCUT2D eigenvalue weighted by Gasteiger charge is 2.10. The van der Waals surface area contributed by atoms with Gasteiger partial charge in [-0.3, -0.25) is 4.79 Å². The molecule has 0 saturated carbocycles. The molecule has 1 amide bonds. The highest BCUT2D eigenvalue weighted by molar-refractivity contribution is 7.13. The highest BCUT2D eigenvalue weighted by atomic mass is 32.1. The summed E-state index contributed by atoms with van der Waals surface area (Å²) >= 11 is 1.44. The molecule has 0 aliphatic heterocycles. The van der Waals surface area contributed by atoms with Gasteiger partial charge in [-0.1, -0.05) is 6.92 Å². The molecular weight excluding hydrogens is 314 g/mol. The molecule has 124 valence electrons. The first-order chi connectivity index (χ1) is 11.2. The smallest absolute Gasteiger partial charge is 0.226 e. The fourth-order valence-corrected chi connectivity index (χ4v) is 2.69. The molecule has 0 saturated heterocycles. The summed E-state index contributed by atoms with van der Waals surface area (Å²) in [6.45, 7) is 2.71. The zero-order valence-corrected chi connectivity index (χ0v) is 14.3. The average Bonchev–Trinajstić information content (AvgIpc) is 2.99. The lowest BCUT2D eigenvalue weighted by atomic mass is 10.2. The number of aromatic nitrogens is 1. The fourth-order valence-electron chi connectivity index (χ4n) is 1.96. The van der Waals surface area contributed by atoms with Crippen LogP contribution in [0.2, 0.25) is 0 Å². The SMILES string of the molecule is CCCNC(=O)Cc1csc(Nc2cc(OC)ccc2OC)n1. The van der Waals surface area contributed by atoms with Crippen LogP contribution in [0.1, 0.15) is 19.0 Å². The molecule has 2 rings (SSSR count). The van der Waals surface area contributed by atoms with Crippen molar-refractivity contribution in [2.75, 3.05) is 26.1 Å². The van der Waals surface area contributed by atoms with E-state index >= 15 is 0 Å². The second kappa shape index (κ2) is 8.38. The molecule has 0 spiro atoms. The minimum atomic E-state index is -0.0114. The predicted octanol–water partition coefficient (Wildman–Crippen LogP) is 2.97. The standard InChI is InChI=1S/C16H21N3O3S/c1-4-7-17-15(20)8-11-10-23-16(18-11)19-13-9-12(21-2)5-6-14(13)22-3/h5-6,9-10H,4,7-8H2,1-3H3,(H,17,20)(H,18,19). The summed E-state index contributed by atoms with van der Waals surface area (Å²) in [6.07, 6.45) is 1.21. The number of rotatable bonds is 8. The maximum atomic E-state index is 11.7. The number of carbonyl (C=O) groups excluding carboxylic acids is 1. The number of nitrogens with one attached hydrogen (secondary N) is 2. The predicted molar refractivity (Wildman–Crippen MR) is 91.9 cm³/mol. The van der Waals surface area contributed by atoms with Crippen LogP contribution in [-0.2, 0) is 11.2 Å². The number of amides is 1. The summed E-state index contributed by atoms with van der Waals surface area (Å²) in [7, 11) is 3.22. The molecule has 0 aliphatic carbocycles. The summed E-state index contributed by atoms with van der Waals surface area (Å²) < 4.78 is 10.5. The van der Waals surface area contributed by atoms with Gasteiger partial charge in [-0.2, -0.15) is 0 Å². The van der Waals surface area contributed by atoms with E-state index in [-0.39, 0.29) is 12.3 Å². The zero-order chi connectivity index (χ0) is 16.7. The number of ether oxygens (including phenoxy) is 2. The second-order valence-corrected chi connectivity index (χ2v) is 5.72. The number of nitrogens with zero attached hydrogens (tertiary/aromatic N) is 1. The highest BCUT2D eigenvalue weighted by Crippen LogP contribution is 2.32. The van der Waals surface area contributed by atoms with E-state index in [9.17, 15) is 4.79 Å². The molecule has 23 heavy (non-hydrogen) atoms. The molecule has 1 aromatic carbocycles. The Bertz CT molecular complexity index is 658. The lowest BCUT2D eigenvalue weighted by Crippen LogP contribution is -2.25.